The second-order valence-electron chi connectivity index (χ2n) is 4.79. The quantitative estimate of drug-likeness (QED) is 0.612. The van der Waals surface area contributed by atoms with Crippen LogP contribution in [0.25, 0.3) is 16.0 Å². The van der Waals surface area contributed by atoms with Gasteiger partial charge in [-0.1, -0.05) is 42.5 Å². The third-order valence-corrected chi connectivity index (χ3v) is 4.99. The van der Waals surface area contributed by atoms with E-state index in [0.717, 1.165) is 21.1 Å². The van der Waals surface area contributed by atoms with Crippen LogP contribution < -0.4 is 0 Å². The molecule has 0 unspecified atom stereocenters. The standard InChI is InChI=1S/C18H15NO2S2/c20-17(21-10-4-8-14-6-2-1-3-7-14)12-15-13-23-18(19-15)16-9-5-11-22-16/h1-9,11,13H,10,12H2/b8-4+. The fourth-order valence-electron chi connectivity index (χ4n) is 1.99. The van der Waals surface area contributed by atoms with Crippen LogP contribution in [-0.4, -0.2) is 17.6 Å². The van der Waals surface area contributed by atoms with Crippen molar-refractivity contribution < 1.29 is 9.53 Å². The zero-order valence-corrected chi connectivity index (χ0v) is 14.0. The molecule has 0 saturated carbocycles. The van der Waals surface area contributed by atoms with E-state index in [1.807, 2.05) is 65.4 Å². The first-order chi connectivity index (χ1) is 11.3. The van der Waals surface area contributed by atoms with Gasteiger partial charge < -0.3 is 4.74 Å². The number of rotatable bonds is 6. The molecule has 3 aromatic rings. The van der Waals surface area contributed by atoms with Crippen LogP contribution in [0.4, 0.5) is 0 Å². The van der Waals surface area contributed by atoms with Gasteiger partial charge in [-0.3, -0.25) is 4.79 Å². The maximum atomic E-state index is 11.8. The predicted molar refractivity (Wildman–Crippen MR) is 95.6 cm³/mol. The van der Waals surface area contributed by atoms with Crippen molar-refractivity contribution in [1.29, 1.82) is 0 Å². The lowest BCUT2D eigenvalue weighted by atomic mass is 10.2. The molecule has 0 saturated heterocycles. The van der Waals surface area contributed by atoms with Gasteiger partial charge in [-0.25, -0.2) is 4.98 Å². The first kappa shape index (κ1) is 15.6. The van der Waals surface area contributed by atoms with Gasteiger partial charge in [0.2, 0.25) is 0 Å². The molecule has 0 aliphatic heterocycles. The summed E-state index contributed by atoms with van der Waals surface area (Å²) in [7, 11) is 0. The van der Waals surface area contributed by atoms with E-state index in [0.29, 0.717) is 0 Å². The number of nitrogens with zero attached hydrogens (tertiary/aromatic N) is 1. The molecule has 0 radical (unpaired) electrons. The number of thiophene rings is 1. The number of hydrogen-bond acceptors (Lipinski definition) is 5. The van der Waals surface area contributed by atoms with E-state index >= 15 is 0 Å². The van der Waals surface area contributed by atoms with E-state index in [1.54, 1.807) is 22.7 Å². The van der Waals surface area contributed by atoms with Crippen LogP contribution in [0.15, 0.2) is 59.3 Å². The van der Waals surface area contributed by atoms with Crippen LogP contribution in [0.5, 0.6) is 0 Å². The first-order valence-electron chi connectivity index (χ1n) is 7.17. The van der Waals surface area contributed by atoms with Crippen molar-refractivity contribution in [2.45, 2.75) is 6.42 Å². The minimum Gasteiger partial charge on any atom is -0.461 e. The molecule has 0 N–H and O–H groups in total. The first-order valence-corrected chi connectivity index (χ1v) is 8.93. The SMILES string of the molecule is O=C(Cc1csc(-c2cccs2)n1)OC/C=C/c1ccccc1. The average Bonchev–Trinajstić information content (AvgIpc) is 3.24. The molecule has 23 heavy (non-hydrogen) atoms. The number of aromatic nitrogens is 1. The Morgan fingerprint density at radius 2 is 2.00 bits per heavy atom. The molecule has 3 rings (SSSR count). The second-order valence-corrected chi connectivity index (χ2v) is 6.60. The van der Waals surface area contributed by atoms with Gasteiger partial charge in [-0.15, -0.1) is 22.7 Å². The molecule has 0 bridgehead atoms. The molecule has 1 aromatic carbocycles. The topological polar surface area (TPSA) is 39.2 Å². The van der Waals surface area contributed by atoms with Gasteiger partial charge in [0.1, 0.15) is 11.6 Å². The fraction of sp³-hybridized carbons (Fsp3) is 0.111. The van der Waals surface area contributed by atoms with Crippen LogP contribution in [-0.2, 0) is 16.0 Å². The molecule has 0 spiro atoms. The number of hydrogen-bond donors (Lipinski definition) is 0. The number of carbonyl (C=O) groups excluding carboxylic acids is 1. The number of esters is 1. The average molecular weight is 341 g/mol. The van der Waals surface area contributed by atoms with Gasteiger partial charge >= 0.3 is 5.97 Å². The summed E-state index contributed by atoms with van der Waals surface area (Å²) in [6.45, 7) is 0.273. The van der Waals surface area contributed by atoms with Crippen molar-refractivity contribution in [2.24, 2.45) is 0 Å². The molecule has 0 amide bonds. The molecule has 2 aromatic heterocycles. The number of carbonyl (C=O) groups is 1. The highest BCUT2D eigenvalue weighted by atomic mass is 32.1. The zero-order valence-electron chi connectivity index (χ0n) is 12.3. The largest absolute Gasteiger partial charge is 0.461 e. The van der Waals surface area contributed by atoms with Crippen LogP contribution in [0.2, 0.25) is 0 Å². The molecule has 0 fully saturated rings. The van der Waals surface area contributed by atoms with Crippen molar-refractivity contribution in [3.63, 3.8) is 0 Å². The third kappa shape index (κ3) is 4.61. The number of ether oxygens (including phenoxy) is 1. The van der Waals surface area contributed by atoms with Gasteiger partial charge in [0, 0.05) is 5.38 Å². The Hall–Kier alpha value is -2.24. The van der Waals surface area contributed by atoms with Gasteiger partial charge in [0.15, 0.2) is 0 Å². The fourth-order valence-corrected chi connectivity index (χ4v) is 3.62. The Morgan fingerprint density at radius 1 is 1.13 bits per heavy atom. The van der Waals surface area contributed by atoms with Crippen molar-refractivity contribution in [1.82, 2.24) is 4.98 Å². The Balaban J connectivity index is 1.47. The summed E-state index contributed by atoms with van der Waals surface area (Å²) in [5, 5.41) is 4.88. The Bertz CT molecular complexity index is 776. The molecule has 2 heterocycles. The van der Waals surface area contributed by atoms with Crippen molar-refractivity contribution in [3.05, 3.63) is 70.6 Å². The second kappa shape index (κ2) is 7.85. The molecule has 5 heteroatoms. The smallest absolute Gasteiger partial charge is 0.312 e. The molecular weight excluding hydrogens is 326 g/mol. The highest BCUT2D eigenvalue weighted by Gasteiger charge is 2.10. The van der Waals surface area contributed by atoms with Crippen molar-refractivity contribution in [2.75, 3.05) is 6.61 Å². The van der Waals surface area contributed by atoms with Gasteiger partial charge in [-0.05, 0) is 23.1 Å². The van der Waals surface area contributed by atoms with Gasteiger partial charge in [0.05, 0.1) is 17.0 Å². The van der Waals surface area contributed by atoms with Crippen LogP contribution >= 0.6 is 22.7 Å². The summed E-state index contributed by atoms with van der Waals surface area (Å²) in [5.41, 5.74) is 1.85. The van der Waals surface area contributed by atoms with E-state index in [2.05, 4.69) is 4.98 Å². The molecular formula is C18H15NO2S2. The normalized spacial score (nSPS) is 11.0. The lowest BCUT2D eigenvalue weighted by molar-refractivity contribution is -0.141. The minimum absolute atomic E-state index is 0.209. The van der Waals surface area contributed by atoms with E-state index in [9.17, 15) is 4.79 Å². The van der Waals surface area contributed by atoms with E-state index < -0.39 is 0 Å². The number of thiazole rings is 1. The maximum Gasteiger partial charge on any atom is 0.312 e. The molecule has 3 nitrogen and oxygen atoms in total. The zero-order chi connectivity index (χ0) is 15.9. The van der Waals surface area contributed by atoms with Crippen molar-refractivity contribution >= 4 is 34.7 Å². The van der Waals surface area contributed by atoms with Gasteiger partial charge in [-0.2, -0.15) is 0 Å². The van der Waals surface area contributed by atoms with E-state index in [-0.39, 0.29) is 19.0 Å². The van der Waals surface area contributed by atoms with E-state index in [4.69, 9.17) is 4.74 Å². The molecule has 0 aliphatic carbocycles. The molecule has 0 atom stereocenters. The lowest BCUT2D eigenvalue weighted by Crippen LogP contribution is -2.08. The van der Waals surface area contributed by atoms with Crippen LogP contribution in [0.1, 0.15) is 11.3 Å². The lowest BCUT2D eigenvalue weighted by Gasteiger charge is -1.99. The van der Waals surface area contributed by atoms with Gasteiger partial charge in [0.25, 0.3) is 0 Å². The Morgan fingerprint density at radius 3 is 2.78 bits per heavy atom. The maximum absolute atomic E-state index is 11.8. The summed E-state index contributed by atoms with van der Waals surface area (Å²) >= 11 is 3.20. The summed E-state index contributed by atoms with van der Waals surface area (Å²) in [6, 6.07) is 13.9. The van der Waals surface area contributed by atoms with Crippen LogP contribution in [0, 0.1) is 0 Å². The Labute approximate surface area is 142 Å². The predicted octanol–water partition coefficient (Wildman–Crippen LogP) is 4.67. The highest BCUT2D eigenvalue weighted by molar-refractivity contribution is 7.20. The van der Waals surface area contributed by atoms with Crippen molar-refractivity contribution in [3.8, 4) is 9.88 Å². The minimum atomic E-state index is -0.259. The molecule has 0 aliphatic rings. The monoisotopic (exact) mass is 341 g/mol. The Kier molecular flexibility index (Phi) is 5.34. The number of benzene rings is 1. The summed E-state index contributed by atoms with van der Waals surface area (Å²) in [5.74, 6) is -0.259. The summed E-state index contributed by atoms with van der Waals surface area (Å²) < 4.78 is 5.21. The van der Waals surface area contributed by atoms with Crippen LogP contribution in [0.3, 0.4) is 0 Å². The highest BCUT2D eigenvalue weighted by Crippen LogP contribution is 2.27. The van der Waals surface area contributed by atoms with E-state index in [1.165, 1.54) is 0 Å². The molecule has 116 valence electrons. The third-order valence-electron chi connectivity index (χ3n) is 3.06. The summed E-state index contributed by atoms with van der Waals surface area (Å²) in [4.78, 5) is 17.4. The summed E-state index contributed by atoms with van der Waals surface area (Å²) in [6.07, 6.45) is 3.98.